The third kappa shape index (κ3) is 1.26. The van der Waals surface area contributed by atoms with E-state index >= 15 is 0 Å². The van der Waals surface area contributed by atoms with E-state index in [9.17, 15) is 23.4 Å². The SMILES string of the molecule is O[C@@H]1[C@H]2N=C(C(F)(F)F)N[C@@H]1[C@H]1O[C@H]1[C@H]2O. The number of epoxide rings is 1. The van der Waals surface area contributed by atoms with Crippen molar-refractivity contribution in [3.63, 3.8) is 0 Å². The van der Waals surface area contributed by atoms with Gasteiger partial charge in [0.05, 0.1) is 6.04 Å². The van der Waals surface area contributed by atoms with Gasteiger partial charge in [0.2, 0.25) is 5.84 Å². The summed E-state index contributed by atoms with van der Waals surface area (Å²) in [5.41, 5.74) is 0. The molecule has 1 aliphatic carbocycles. The van der Waals surface area contributed by atoms with Crippen molar-refractivity contribution >= 4 is 5.84 Å². The van der Waals surface area contributed by atoms with Crippen molar-refractivity contribution in [2.45, 2.75) is 42.7 Å². The van der Waals surface area contributed by atoms with Crippen LogP contribution in [0.3, 0.4) is 0 Å². The van der Waals surface area contributed by atoms with Gasteiger partial charge in [0.1, 0.15) is 30.5 Å². The molecule has 0 aromatic carbocycles. The van der Waals surface area contributed by atoms with Gasteiger partial charge < -0.3 is 20.3 Å². The summed E-state index contributed by atoms with van der Waals surface area (Å²) in [6.45, 7) is 0. The van der Waals surface area contributed by atoms with Crippen molar-refractivity contribution in [2.24, 2.45) is 4.99 Å². The fraction of sp³-hybridized carbons (Fsp3) is 0.875. The minimum atomic E-state index is -4.60. The first-order valence-corrected chi connectivity index (χ1v) is 4.83. The minimum Gasteiger partial charge on any atom is -0.389 e. The molecule has 3 rings (SSSR count). The van der Waals surface area contributed by atoms with E-state index in [-0.39, 0.29) is 0 Å². The molecule has 0 amide bonds. The van der Waals surface area contributed by atoms with E-state index in [1.807, 2.05) is 0 Å². The number of halogens is 3. The Kier molecular flexibility index (Phi) is 1.85. The Bertz CT molecular complexity index is 359. The van der Waals surface area contributed by atoms with Gasteiger partial charge in [-0.05, 0) is 0 Å². The Morgan fingerprint density at radius 2 is 1.88 bits per heavy atom. The molecule has 2 fully saturated rings. The molecule has 1 saturated carbocycles. The summed E-state index contributed by atoms with van der Waals surface area (Å²) in [5, 5.41) is 21.4. The molecule has 2 aliphatic heterocycles. The average Bonchev–Trinajstić information content (AvgIpc) is 2.92. The van der Waals surface area contributed by atoms with E-state index in [0.717, 1.165) is 0 Å². The molecule has 2 heterocycles. The van der Waals surface area contributed by atoms with Crippen molar-refractivity contribution in [3.05, 3.63) is 0 Å². The summed E-state index contributed by atoms with van der Waals surface area (Å²) in [6.07, 6.45) is -7.99. The summed E-state index contributed by atoms with van der Waals surface area (Å²) in [5.74, 6) is -1.15. The predicted molar refractivity (Wildman–Crippen MR) is 44.9 cm³/mol. The highest BCUT2D eigenvalue weighted by Gasteiger charge is 2.63. The van der Waals surface area contributed by atoms with Crippen molar-refractivity contribution in [3.8, 4) is 0 Å². The Balaban J connectivity index is 1.95. The normalized spacial score (nSPS) is 50.2. The molecule has 2 bridgehead atoms. The molecule has 5 nitrogen and oxygen atoms in total. The van der Waals surface area contributed by atoms with Crippen LogP contribution >= 0.6 is 0 Å². The first-order chi connectivity index (χ1) is 7.39. The lowest BCUT2D eigenvalue weighted by Crippen LogP contribution is -2.65. The van der Waals surface area contributed by atoms with E-state index in [1.54, 1.807) is 0 Å². The van der Waals surface area contributed by atoms with E-state index in [0.29, 0.717) is 0 Å². The largest absolute Gasteiger partial charge is 0.448 e. The Morgan fingerprint density at radius 3 is 2.50 bits per heavy atom. The molecule has 6 atom stereocenters. The van der Waals surface area contributed by atoms with Crippen molar-refractivity contribution in [1.82, 2.24) is 5.32 Å². The van der Waals surface area contributed by atoms with Crippen molar-refractivity contribution in [2.75, 3.05) is 0 Å². The standard InChI is InChI=1S/C8H9F3N2O3/c9-8(10,11)7-12-1-3(14)2(13-7)5-6(16-5)4(1)15/h1-6,14-15H,(H,12,13)/t1-,2+,3-,4+,5-,6+/m1/s1. The molecule has 16 heavy (non-hydrogen) atoms. The molecule has 0 radical (unpaired) electrons. The number of alkyl halides is 3. The molecule has 3 aliphatic rings. The van der Waals surface area contributed by atoms with Gasteiger partial charge in [-0.3, -0.25) is 4.99 Å². The van der Waals surface area contributed by atoms with E-state index < -0.39 is 48.5 Å². The lowest BCUT2D eigenvalue weighted by atomic mass is 9.85. The fourth-order valence-corrected chi connectivity index (χ4v) is 2.32. The number of fused-ring (bicyclic) bond motifs is 4. The first kappa shape index (κ1) is 10.3. The highest BCUT2D eigenvalue weighted by molar-refractivity contribution is 5.89. The molecule has 0 unspecified atom stereocenters. The second-order valence-electron chi connectivity index (χ2n) is 4.18. The van der Waals surface area contributed by atoms with Crippen LogP contribution in [0.25, 0.3) is 0 Å². The van der Waals surface area contributed by atoms with Crippen LogP contribution in [-0.2, 0) is 4.74 Å². The van der Waals surface area contributed by atoms with Crippen LogP contribution in [-0.4, -0.2) is 58.7 Å². The monoisotopic (exact) mass is 238 g/mol. The van der Waals surface area contributed by atoms with E-state index in [1.165, 1.54) is 0 Å². The average molecular weight is 238 g/mol. The summed E-state index contributed by atoms with van der Waals surface area (Å²) in [7, 11) is 0. The van der Waals surface area contributed by atoms with Gasteiger partial charge in [0.25, 0.3) is 0 Å². The molecule has 3 N–H and O–H groups in total. The van der Waals surface area contributed by atoms with E-state index in [2.05, 4.69) is 10.3 Å². The van der Waals surface area contributed by atoms with Gasteiger partial charge in [-0.2, -0.15) is 13.2 Å². The van der Waals surface area contributed by atoms with Gasteiger partial charge >= 0.3 is 6.18 Å². The number of nitrogens with zero attached hydrogens (tertiary/aromatic N) is 1. The number of aliphatic hydroxyl groups excluding tert-OH is 2. The van der Waals surface area contributed by atoms with Crippen molar-refractivity contribution in [1.29, 1.82) is 0 Å². The molecule has 8 heteroatoms. The smallest absolute Gasteiger partial charge is 0.389 e. The Hall–Kier alpha value is -0.860. The third-order valence-electron chi connectivity index (χ3n) is 3.17. The van der Waals surface area contributed by atoms with Gasteiger partial charge in [-0.25, -0.2) is 0 Å². The van der Waals surface area contributed by atoms with Gasteiger partial charge in [0, 0.05) is 0 Å². The zero-order valence-corrected chi connectivity index (χ0v) is 7.85. The van der Waals surface area contributed by atoms with Crippen LogP contribution in [0.2, 0.25) is 0 Å². The summed E-state index contributed by atoms with van der Waals surface area (Å²) in [6, 6.07) is -2.00. The zero-order valence-electron chi connectivity index (χ0n) is 7.85. The van der Waals surface area contributed by atoms with Gasteiger partial charge in [0.15, 0.2) is 0 Å². The number of hydrogen-bond acceptors (Lipinski definition) is 5. The topological polar surface area (TPSA) is 77.4 Å². The molecule has 1 saturated heterocycles. The van der Waals surface area contributed by atoms with Crippen LogP contribution < -0.4 is 5.32 Å². The number of hydrogen-bond donors (Lipinski definition) is 3. The number of ether oxygens (including phenoxy) is 1. The zero-order chi connectivity index (χ0) is 11.7. The van der Waals surface area contributed by atoms with Crippen LogP contribution in [0.4, 0.5) is 13.2 Å². The Morgan fingerprint density at radius 1 is 1.19 bits per heavy atom. The number of aliphatic hydroxyl groups is 2. The third-order valence-corrected chi connectivity index (χ3v) is 3.17. The highest BCUT2D eigenvalue weighted by Crippen LogP contribution is 2.41. The van der Waals surface area contributed by atoms with E-state index in [4.69, 9.17) is 4.74 Å². The fourth-order valence-electron chi connectivity index (χ4n) is 2.32. The number of rotatable bonds is 0. The van der Waals surface area contributed by atoms with Gasteiger partial charge in [-0.1, -0.05) is 0 Å². The maximum Gasteiger partial charge on any atom is 0.448 e. The molecular formula is C8H9F3N2O3. The van der Waals surface area contributed by atoms with Crippen LogP contribution in [0.1, 0.15) is 0 Å². The second kappa shape index (κ2) is 2.88. The summed E-state index contributed by atoms with van der Waals surface area (Å²) < 4.78 is 42.4. The number of nitrogens with one attached hydrogen (secondary N) is 1. The number of amidine groups is 1. The summed E-state index contributed by atoms with van der Waals surface area (Å²) >= 11 is 0. The quantitative estimate of drug-likeness (QED) is 0.463. The predicted octanol–water partition coefficient (Wildman–Crippen LogP) is -1.21. The maximum atomic E-state index is 12.4. The molecule has 0 spiro atoms. The minimum absolute atomic E-state index is 0.510. The van der Waals surface area contributed by atoms with Gasteiger partial charge in [-0.15, -0.1) is 0 Å². The molecule has 0 aromatic heterocycles. The second-order valence-corrected chi connectivity index (χ2v) is 4.18. The van der Waals surface area contributed by atoms with Crippen molar-refractivity contribution < 1.29 is 28.1 Å². The molecule has 0 aromatic rings. The van der Waals surface area contributed by atoms with Crippen LogP contribution in [0.15, 0.2) is 4.99 Å². The molecule has 90 valence electrons. The van der Waals surface area contributed by atoms with Crippen LogP contribution in [0.5, 0.6) is 0 Å². The first-order valence-electron chi connectivity index (χ1n) is 4.83. The number of aliphatic imine (C=N–C) groups is 1. The maximum absolute atomic E-state index is 12.4. The molecular weight excluding hydrogens is 229 g/mol. The van der Waals surface area contributed by atoms with Crippen LogP contribution in [0, 0.1) is 0 Å². The lowest BCUT2D eigenvalue weighted by Gasteiger charge is -2.38. The highest BCUT2D eigenvalue weighted by atomic mass is 19.4. The summed E-state index contributed by atoms with van der Waals surface area (Å²) in [4.78, 5) is 3.31. The lowest BCUT2D eigenvalue weighted by molar-refractivity contribution is -0.0695. The Labute approximate surface area is 87.9 Å².